The van der Waals surface area contributed by atoms with Crippen molar-refractivity contribution in [2.75, 3.05) is 0 Å². The lowest BCUT2D eigenvalue weighted by atomic mass is 9.73. The van der Waals surface area contributed by atoms with E-state index in [1.165, 1.54) is 0 Å². The van der Waals surface area contributed by atoms with Gasteiger partial charge in [-0.2, -0.15) is 0 Å². The van der Waals surface area contributed by atoms with Crippen molar-refractivity contribution in [2.24, 2.45) is 0 Å². The van der Waals surface area contributed by atoms with Crippen LogP contribution >= 0.6 is 12.6 Å². The maximum absolute atomic E-state index is 10.8. The fourth-order valence-electron chi connectivity index (χ4n) is 2.84. The molecule has 2 nitrogen and oxygen atoms in total. The molecule has 120 valence electrons. The summed E-state index contributed by atoms with van der Waals surface area (Å²) >= 11 is 4.66. The minimum atomic E-state index is -0.352. The first kappa shape index (κ1) is 18.2. The molecule has 0 saturated carbocycles. The lowest BCUT2D eigenvalue weighted by Crippen LogP contribution is -2.23. The molecule has 0 heterocycles. The third kappa shape index (κ3) is 3.33. The zero-order chi connectivity index (χ0) is 17.0. The largest absolute Gasteiger partial charge is 0.507 e. The quantitative estimate of drug-likeness (QED) is 0.571. The van der Waals surface area contributed by atoms with Gasteiger partial charge in [-0.1, -0.05) is 62.3 Å². The van der Waals surface area contributed by atoms with Crippen LogP contribution in [0.5, 0.6) is 11.5 Å². The van der Waals surface area contributed by atoms with E-state index in [4.69, 9.17) is 0 Å². The third-order valence-corrected chi connectivity index (χ3v) is 4.12. The van der Waals surface area contributed by atoms with Crippen LogP contribution in [0.15, 0.2) is 4.90 Å². The van der Waals surface area contributed by atoms with Crippen molar-refractivity contribution >= 4 is 12.6 Å². The second kappa shape index (κ2) is 5.12. The van der Waals surface area contributed by atoms with Crippen LogP contribution in [-0.2, 0) is 16.2 Å². The van der Waals surface area contributed by atoms with E-state index in [-0.39, 0.29) is 27.7 Å². The van der Waals surface area contributed by atoms with Crippen molar-refractivity contribution in [1.82, 2.24) is 0 Å². The second-order valence-electron chi connectivity index (χ2n) is 8.92. The number of benzene rings is 1. The van der Waals surface area contributed by atoms with E-state index >= 15 is 0 Å². The average Bonchev–Trinajstić information content (AvgIpc) is 2.07. The molecule has 0 radical (unpaired) electrons. The van der Waals surface area contributed by atoms with Gasteiger partial charge in [0.2, 0.25) is 0 Å². The van der Waals surface area contributed by atoms with Crippen LogP contribution in [0.25, 0.3) is 0 Å². The molecule has 0 aliphatic rings. The Morgan fingerprint density at radius 3 is 1.00 bits per heavy atom. The Morgan fingerprint density at radius 1 is 0.571 bits per heavy atom. The number of rotatable bonds is 0. The highest BCUT2D eigenvalue weighted by Crippen LogP contribution is 2.52. The zero-order valence-corrected chi connectivity index (χ0v) is 15.7. The third-order valence-electron chi connectivity index (χ3n) is 3.67. The normalized spacial score (nSPS) is 13.6. The first-order valence-electron chi connectivity index (χ1n) is 7.42. The first-order chi connectivity index (χ1) is 9.10. The van der Waals surface area contributed by atoms with Crippen LogP contribution in [0, 0.1) is 0 Å². The van der Waals surface area contributed by atoms with E-state index < -0.39 is 0 Å². The predicted molar refractivity (Wildman–Crippen MR) is 93.1 cm³/mol. The standard InChI is InChI=1S/C18H30O2S/c1-16(2,3)10-13(19)11(17(4,5)6)15(21)12(14(10)20)18(7,8)9/h19-21H,1-9H3. The molecule has 1 aromatic rings. The summed E-state index contributed by atoms with van der Waals surface area (Å²) in [5.74, 6) is 0.344. The van der Waals surface area contributed by atoms with E-state index in [0.29, 0.717) is 10.5 Å². The van der Waals surface area contributed by atoms with E-state index in [0.717, 1.165) is 11.1 Å². The molecule has 0 spiro atoms. The number of phenolic OH excluding ortho intramolecular Hbond substituents is 2. The van der Waals surface area contributed by atoms with Crippen LogP contribution in [0.3, 0.4) is 0 Å². The maximum atomic E-state index is 10.8. The number of hydrogen-bond acceptors (Lipinski definition) is 3. The van der Waals surface area contributed by atoms with E-state index in [2.05, 4.69) is 54.2 Å². The Bertz CT molecular complexity index is 451. The summed E-state index contributed by atoms with van der Waals surface area (Å²) < 4.78 is 0. The van der Waals surface area contributed by atoms with Crippen molar-refractivity contribution in [3.63, 3.8) is 0 Å². The van der Waals surface area contributed by atoms with Gasteiger partial charge in [0.05, 0.1) is 0 Å². The van der Waals surface area contributed by atoms with Crippen LogP contribution in [0.2, 0.25) is 0 Å². The molecule has 0 aliphatic carbocycles. The smallest absolute Gasteiger partial charge is 0.127 e. The molecule has 0 aromatic heterocycles. The van der Waals surface area contributed by atoms with Gasteiger partial charge >= 0.3 is 0 Å². The SMILES string of the molecule is CC(C)(C)c1c(O)c(C(C)(C)C)c(S)c(C(C)(C)C)c1O. The molecule has 0 unspecified atom stereocenters. The molecule has 0 amide bonds. The van der Waals surface area contributed by atoms with Gasteiger partial charge in [0, 0.05) is 21.6 Å². The van der Waals surface area contributed by atoms with Crippen molar-refractivity contribution < 1.29 is 10.2 Å². The lowest BCUT2D eigenvalue weighted by Gasteiger charge is -2.34. The Labute approximate surface area is 135 Å². The summed E-state index contributed by atoms with van der Waals surface area (Å²) in [6.07, 6.45) is 0. The van der Waals surface area contributed by atoms with Gasteiger partial charge in [-0.25, -0.2) is 0 Å². The van der Waals surface area contributed by atoms with Gasteiger partial charge in [-0.3, -0.25) is 0 Å². The minimum Gasteiger partial charge on any atom is -0.507 e. The Balaban J connectivity index is 4.04. The molecule has 2 N–H and O–H groups in total. The van der Waals surface area contributed by atoms with Crippen molar-refractivity contribution in [2.45, 2.75) is 83.5 Å². The lowest BCUT2D eigenvalue weighted by molar-refractivity contribution is 0.378. The molecule has 21 heavy (non-hydrogen) atoms. The molecular weight excluding hydrogens is 280 g/mol. The zero-order valence-electron chi connectivity index (χ0n) is 14.8. The Morgan fingerprint density at radius 2 is 0.810 bits per heavy atom. The number of aromatic hydroxyl groups is 2. The van der Waals surface area contributed by atoms with E-state index in [1.807, 2.05) is 20.8 Å². The van der Waals surface area contributed by atoms with Crippen molar-refractivity contribution in [3.8, 4) is 11.5 Å². The molecule has 0 fully saturated rings. The maximum Gasteiger partial charge on any atom is 0.127 e. The molecular formula is C18H30O2S. The fraction of sp³-hybridized carbons (Fsp3) is 0.667. The van der Waals surface area contributed by atoms with Gasteiger partial charge in [0.1, 0.15) is 11.5 Å². The molecule has 1 rings (SSSR count). The monoisotopic (exact) mass is 310 g/mol. The summed E-state index contributed by atoms with van der Waals surface area (Å²) in [7, 11) is 0. The van der Waals surface area contributed by atoms with Gasteiger partial charge in [-0.15, -0.1) is 12.6 Å². The van der Waals surface area contributed by atoms with Crippen LogP contribution in [-0.4, -0.2) is 10.2 Å². The molecule has 0 bridgehead atoms. The minimum absolute atomic E-state index is 0.172. The number of hydrogen-bond donors (Lipinski definition) is 3. The van der Waals surface area contributed by atoms with E-state index in [9.17, 15) is 10.2 Å². The van der Waals surface area contributed by atoms with Gasteiger partial charge < -0.3 is 10.2 Å². The number of phenols is 2. The average molecular weight is 311 g/mol. The van der Waals surface area contributed by atoms with Crippen molar-refractivity contribution in [3.05, 3.63) is 16.7 Å². The van der Waals surface area contributed by atoms with Crippen LogP contribution < -0.4 is 0 Å². The first-order valence-corrected chi connectivity index (χ1v) is 7.87. The fourth-order valence-corrected chi connectivity index (χ4v) is 3.73. The highest BCUT2D eigenvalue weighted by atomic mass is 32.1. The summed E-state index contributed by atoms with van der Waals surface area (Å²) in [5, 5.41) is 21.6. The number of thiol groups is 1. The Hall–Kier alpha value is -0.830. The summed E-state index contributed by atoms with van der Waals surface area (Å²) in [6.45, 7) is 18.3. The molecule has 0 atom stereocenters. The van der Waals surface area contributed by atoms with E-state index in [1.54, 1.807) is 0 Å². The molecule has 3 heteroatoms. The van der Waals surface area contributed by atoms with Crippen LogP contribution in [0.4, 0.5) is 0 Å². The predicted octanol–water partition coefficient (Wildman–Crippen LogP) is 5.28. The summed E-state index contributed by atoms with van der Waals surface area (Å²) in [5.41, 5.74) is 1.35. The van der Waals surface area contributed by atoms with Gasteiger partial charge in [-0.05, 0) is 16.2 Å². The Kier molecular flexibility index (Phi) is 4.44. The highest BCUT2D eigenvalue weighted by molar-refractivity contribution is 7.80. The molecule has 1 aromatic carbocycles. The molecule has 0 saturated heterocycles. The van der Waals surface area contributed by atoms with Crippen LogP contribution in [0.1, 0.15) is 79.0 Å². The topological polar surface area (TPSA) is 40.5 Å². The van der Waals surface area contributed by atoms with Gasteiger partial charge in [0.25, 0.3) is 0 Å². The summed E-state index contributed by atoms with van der Waals surface area (Å²) in [4.78, 5) is 0.693. The summed E-state index contributed by atoms with van der Waals surface area (Å²) in [6, 6.07) is 0. The van der Waals surface area contributed by atoms with Crippen molar-refractivity contribution in [1.29, 1.82) is 0 Å². The van der Waals surface area contributed by atoms with Gasteiger partial charge in [0.15, 0.2) is 0 Å². The highest BCUT2D eigenvalue weighted by Gasteiger charge is 2.36. The molecule has 0 aliphatic heterocycles. The second-order valence-corrected chi connectivity index (χ2v) is 9.37.